The Balaban J connectivity index is 2.70. The fourth-order valence-electron chi connectivity index (χ4n) is 2.19. The van der Waals surface area contributed by atoms with E-state index in [0.29, 0.717) is 0 Å². The molecule has 0 bridgehead atoms. The van der Waals surface area contributed by atoms with Gasteiger partial charge < -0.3 is 0 Å². The molecular weight excluding hydrogens is 216 g/mol. The van der Waals surface area contributed by atoms with Crippen molar-refractivity contribution < 1.29 is 0 Å². The first-order valence-corrected chi connectivity index (χ1v) is 5.80. The van der Waals surface area contributed by atoms with Gasteiger partial charge in [-0.3, -0.25) is 0 Å². The van der Waals surface area contributed by atoms with Crippen molar-refractivity contribution in [3.63, 3.8) is 0 Å². The zero-order valence-corrected chi connectivity index (χ0v) is 10.6. The van der Waals surface area contributed by atoms with Crippen LogP contribution < -0.4 is 0 Å². The smallest absolute Gasteiger partial charge is 0.0411 e. The van der Waals surface area contributed by atoms with E-state index in [0.717, 1.165) is 5.02 Å². The predicted molar refractivity (Wildman–Crippen MR) is 71.1 cm³/mol. The molecule has 1 heteroatoms. The topological polar surface area (TPSA) is 0 Å². The zero-order chi connectivity index (χ0) is 11.7. The lowest BCUT2D eigenvalue weighted by molar-refractivity contribution is 1.35. The van der Waals surface area contributed by atoms with Crippen molar-refractivity contribution in [1.29, 1.82) is 0 Å². The van der Waals surface area contributed by atoms with Crippen molar-refractivity contribution >= 4 is 11.6 Å². The summed E-state index contributed by atoms with van der Waals surface area (Å²) >= 11 is 6.05. The van der Waals surface area contributed by atoms with Gasteiger partial charge in [0.1, 0.15) is 0 Å². The quantitative estimate of drug-likeness (QED) is 0.652. The Kier molecular flexibility index (Phi) is 3.02. The maximum absolute atomic E-state index is 6.05. The van der Waals surface area contributed by atoms with E-state index in [1.165, 1.54) is 27.8 Å². The first kappa shape index (κ1) is 11.2. The average molecular weight is 231 g/mol. The molecule has 0 aliphatic carbocycles. The van der Waals surface area contributed by atoms with E-state index in [2.05, 4.69) is 45.0 Å². The van der Waals surface area contributed by atoms with E-state index >= 15 is 0 Å². The Labute approximate surface area is 102 Å². The van der Waals surface area contributed by atoms with Crippen LogP contribution in [0.5, 0.6) is 0 Å². The number of benzene rings is 2. The van der Waals surface area contributed by atoms with Crippen LogP contribution in [-0.4, -0.2) is 0 Å². The van der Waals surface area contributed by atoms with Gasteiger partial charge in [-0.2, -0.15) is 0 Å². The molecule has 2 aromatic carbocycles. The summed E-state index contributed by atoms with van der Waals surface area (Å²) in [5.41, 5.74) is 6.38. The molecule has 16 heavy (non-hydrogen) atoms. The first-order valence-electron chi connectivity index (χ1n) is 5.42. The highest BCUT2D eigenvalue weighted by Crippen LogP contribution is 2.31. The van der Waals surface area contributed by atoms with E-state index < -0.39 is 0 Å². The van der Waals surface area contributed by atoms with Crippen molar-refractivity contribution in [2.24, 2.45) is 0 Å². The van der Waals surface area contributed by atoms with Crippen molar-refractivity contribution in [1.82, 2.24) is 0 Å². The fourth-order valence-corrected chi connectivity index (χ4v) is 2.52. The van der Waals surface area contributed by atoms with Crippen LogP contribution >= 0.6 is 11.6 Å². The first-order chi connectivity index (χ1) is 7.59. The second-order valence-corrected chi connectivity index (χ2v) is 4.67. The number of hydrogen-bond acceptors (Lipinski definition) is 0. The summed E-state index contributed by atoms with van der Waals surface area (Å²) < 4.78 is 0. The largest absolute Gasteiger partial charge is 0.0843 e. The van der Waals surface area contributed by atoms with Crippen molar-refractivity contribution in [3.05, 3.63) is 58.1 Å². The molecule has 0 radical (unpaired) electrons. The maximum atomic E-state index is 6.05. The van der Waals surface area contributed by atoms with Crippen molar-refractivity contribution in [2.75, 3.05) is 0 Å². The zero-order valence-electron chi connectivity index (χ0n) is 9.84. The monoisotopic (exact) mass is 230 g/mol. The van der Waals surface area contributed by atoms with Crippen LogP contribution in [0.2, 0.25) is 5.02 Å². The Hall–Kier alpha value is -1.27. The minimum Gasteiger partial charge on any atom is -0.0843 e. The molecule has 0 saturated carbocycles. The Morgan fingerprint density at radius 1 is 0.812 bits per heavy atom. The molecule has 2 aromatic rings. The second-order valence-electron chi connectivity index (χ2n) is 4.23. The summed E-state index contributed by atoms with van der Waals surface area (Å²) in [6.07, 6.45) is 0. The summed E-state index contributed by atoms with van der Waals surface area (Å²) in [7, 11) is 0. The van der Waals surface area contributed by atoms with Gasteiger partial charge in [0, 0.05) is 5.02 Å². The standard InChI is InChI=1S/C15H15Cl/c1-10-6-4-5-7-14(10)15-11(2)8-13(16)9-12(15)3/h4-9H,1-3H3. The molecule has 0 atom stereocenters. The van der Waals surface area contributed by atoms with Crippen LogP contribution in [-0.2, 0) is 0 Å². The lowest BCUT2D eigenvalue weighted by atomic mass is 9.93. The second kappa shape index (κ2) is 4.31. The summed E-state index contributed by atoms with van der Waals surface area (Å²) in [6, 6.07) is 12.5. The van der Waals surface area contributed by atoms with Gasteiger partial charge in [-0.1, -0.05) is 35.9 Å². The SMILES string of the molecule is Cc1ccccc1-c1c(C)cc(Cl)cc1C. The van der Waals surface area contributed by atoms with E-state index in [-0.39, 0.29) is 0 Å². The van der Waals surface area contributed by atoms with E-state index in [9.17, 15) is 0 Å². The highest BCUT2D eigenvalue weighted by atomic mass is 35.5. The number of hydrogen-bond donors (Lipinski definition) is 0. The van der Waals surface area contributed by atoms with Crippen LogP contribution in [0.4, 0.5) is 0 Å². The molecule has 0 aromatic heterocycles. The predicted octanol–water partition coefficient (Wildman–Crippen LogP) is 4.93. The molecule has 0 fully saturated rings. The molecule has 82 valence electrons. The van der Waals surface area contributed by atoms with Gasteiger partial charge in [-0.25, -0.2) is 0 Å². The fraction of sp³-hybridized carbons (Fsp3) is 0.200. The van der Waals surface area contributed by atoms with Crippen LogP contribution in [0.1, 0.15) is 16.7 Å². The molecule has 2 rings (SSSR count). The Morgan fingerprint density at radius 3 is 1.94 bits per heavy atom. The normalized spacial score (nSPS) is 10.5. The lowest BCUT2D eigenvalue weighted by Gasteiger charge is -2.13. The molecule has 0 nitrogen and oxygen atoms in total. The highest BCUT2D eigenvalue weighted by Gasteiger charge is 2.08. The molecule has 0 aliphatic rings. The Bertz CT molecular complexity index is 504. The molecule has 0 saturated heterocycles. The molecule has 0 heterocycles. The van der Waals surface area contributed by atoms with Crippen molar-refractivity contribution in [2.45, 2.75) is 20.8 Å². The molecule has 0 amide bonds. The van der Waals surface area contributed by atoms with Gasteiger partial charge in [0.25, 0.3) is 0 Å². The number of rotatable bonds is 1. The van der Waals surface area contributed by atoms with Gasteiger partial charge >= 0.3 is 0 Å². The van der Waals surface area contributed by atoms with Gasteiger partial charge in [-0.05, 0) is 60.7 Å². The average Bonchev–Trinajstić information content (AvgIpc) is 2.19. The number of halogens is 1. The Morgan fingerprint density at radius 2 is 1.38 bits per heavy atom. The third kappa shape index (κ3) is 1.98. The highest BCUT2D eigenvalue weighted by molar-refractivity contribution is 6.30. The van der Waals surface area contributed by atoms with E-state index in [4.69, 9.17) is 11.6 Å². The summed E-state index contributed by atoms with van der Waals surface area (Å²) in [5.74, 6) is 0. The number of aryl methyl sites for hydroxylation is 3. The third-order valence-corrected chi connectivity index (χ3v) is 3.13. The molecular formula is C15H15Cl. The summed E-state index contributed by atoms with van der Waals surface area (Å²) in [4.78, 5) is 0. The van der Waals surface area contributed by atoms with Crippen LogP contribution in [0.25, 0.3) is 11.1 Å². The molecule has 0 N–H and O–H groups in total. The van der Waals surface area contributed by atoms with Crippen LogP contribution in [0.3, 0.4) is 0 Å². The summed E-state index contributed by atoms with van der Waals surface area (Å²) in [6.45, 7) is 6.37. The van der Waals surface area contributed by atoms with E-state index in [1.54, 1.807) is 0 Å². The third-order valence-electron chi connectivity index (χ3n) is 2.91. The van der Waals surface area contributed by atoms with Gasteiger partial charge in [0.15, 0.2) is 0 Å². The van der Waals surface area contributed by atoms with Crippen LogP contribution in [0.15, 0.2) is 36.4 Å². The minimum atomic E-state index is 0.812. The van der Waals surface area contributed by atoms with Crippen LogP contribution in [0, 0.1) is 20.8 Å². The van der Waals surface area contributed by atoms with Crippen molar-refractivity contribution in [3.8, 4) is 11.1 Å². The lowest BCUT2D eigenvalue weighted by Crippen LogP contribution is -1.90. The molecule has 0 spiro atoms. The molecule has 0 aliphatic heterocycles. The van der Waals surface area contributed by atoms with Gasteiger partial charge in [0.05, 0.1) is 0 Å². The minimum absolute atomic E-state index is 0.812. The van der Waals surface area contributed by atoms with E-state index in [1.807, 2.05) is 12.1 Å². The van der Waals surface area contributed by atoms with Gasteiger partial charge in [-0.15, -0.1) is 0 Å². The molecule has 0 unspecified atom stereocenters. The summed E-state index contributed by atoms with van der Waals surface area (Å²) in [5, 5.41) is 0.812. The maximum Gasteiger partial charge on any atom is 0.0411 e. The van der Waals surface area contributed by atoms with Gasteiger partial charge in [0.2, 0.25) is 0 Å².